The molecule has 4 rings (SSSR count). The molecule has 2 aromatic rings. The fourth-order valence-electron chi connectivity index (χ4n) is 3.66. The highest BCUT2D eigenvalue weighted by Crippen LogP contribution is 2.17. The summed E-state index contributed by atoms with van der Waals surface area (Å²) in [4.78, 5) is 25.5. The summed E-state index contributed by atoms with van der Waals surface area (Å²) in [5.74, 6) is 1.81. The van der Waals surface area contributed by atoms with Crippen LogP contribution < -0.4 is 10.5 Å². The van der Waals surface area contributed by atoms with Gasteiger partial charge < -0.3 is 4.90 Å². The molecule has 1 aliphatic carbocycles. The molecule has 132 valence electrons. The zero-order valence-electron chi connectivity index (χ0n) is 14.7. The van der Waals surface area contributed by atoms with Gasteiger partial charge in [-0.1, -0.05) is 0 Å². The Morgan fingerprint density at radius 1 is 1.12 bits per heavy atom. The minimum absolute atomic E-state index is 0.0377. The molecule has 2 aromatic heterocycles. The molecule has 0 radical (unpaired) electrons. The molecule has 1 fully saturated rings. The zero-order valence-corrected chi connectivity index (χ0v) is 14.7. The van der Waals surface area contributed by atoms with E-state index in [0.29, 0.717) is 6.54 Å². The van der Waals surface area contributed by atoms with Crippen LogP contribution in [0, 0.1) is 6.92 Å². The molecule has 0 atom stereocenters. The standard InChI is InChI=1S/C18H24N6O/c1-14-19-6-5-17(20-14)23-10-7-22(8-11-23)9-12-24-18(25)13-15-3-2-4-16(15)21-24/h5-6,13H,2-4,7-12H2,1H3. The number of hydrogen-bond acceptors (Lipinski definition) is 6. The highest BCUT2D eigenvalue weighted by molar-refractivity contribution is 5.37. The van der Waals surface area contributed by atoms with Gasteiger partial charge in [-0.2, -0.15) is 5.10 Å². The van der Waals surface area contributed by atoms with E-state index in [1.807, 2.05) is 19.2 Å². The predicted molar refractivity (Wildman–Crippen MR) is 95.9 cm³/mol. The van der Waals surface area contributed by atoms with Crippen molar-refractivity contribution in [2.24, 2.45) is 0 Å². The Balaban J connectivity index is 1.33. The molecule has 0 N–H and O–H groups in total. The van der Waals surface area contributed by atoms with Crippen molar-refractivity contribution in [2.75, 3.05) is 37.6 Å². The third kappa shape index (κ3) is 3.56. The van der Waals surface area contributed by atoms with E-state index in [9.17, 15) is 4.79 Å². The average Bonchev–Trinajstić information content (AvgIpc) is 3.07. The Labute approximate surface area is 147 Å². The first-order valence-electron chi connectivity index (χ1n) is 9.06. The number of aryl methyl sites for hydroxylation is 3. The number of piperazine rings is 1. The van der Waals surface area contributed by atoms with Crippen LogP contribution in [0.2, 0.25) is 0 Å². The van der Waals surface area contributed by atoms with E-state index in [1.165, 1.54) is 0 Å². The molecule has 7 nitrogen and oxygen atoms in total. The molecule has 0 aromatic carbocycles. The minimum atomic E-state index is 0.0377. The van der Waals surface area contributed by atoms with Gasteiger partial charge >= 0.3 is 0 Å². The summed E-state index contributed by atoms with van der Waals surface area (Å²) >= 11 is 0. The lowest BCUT2D eigenvalue weighted by molar-refractivity contribution is 0.242. The average molecular weight is 340 g/mol. The molecule has 0 bridgehead atoms. The van der Waals surface area contributed by atoms with Gasteiger partial charge in [-0.25, -0.2) is 14.6 Å². The maximum atomic E-state index is 12.2. The molecular weight excluding hydrogens is 316 g/mol. The van der Waals surface area contributed by atoms with Crippen molar-refractivity contribution in [1.29, 1.82) is 0 Å². The van der Waals surface area contributed by atoms with E-state index < -0.39 is 0 Å². The second-order valence-electron chi connectivity index (χ2n) is 6.82. The van der Waals surface area contributed by atoms with Gasteiger partial charge in [0.25, 0.3) is 5.56 Å². The molecule has 25 heavy (non-hydrogen) atoms. The van der Waals surface area contributed by atoms with Gasteiger partial charge in [-0.15, -0.1) is 0 Å². The normalized spacial score (nSPS) is 17.7. The first kappa shape index (κ1) is 16.2. The van der Waals surface area contributed by atoms with Gasteiger partial charge in [-0.3, -0.25) is 9.69 Å². The Kier molecular flexibility index (Phi) is 4.48. The monoisotopic (exact) mass is 340 g/mol. The highest BCUT2D eigenvalue weighted by Gasteiger charge is 2.19. The second kappa shape index (κ2) is 6.92. The van der Waals surface area contributed by atoms with Crippen molar-refractivity contribution >= 4 is 5.82 Å². The number of rotatable bonds is 4. The fourth-order valence-corrected chi connectivity index (χ4v) is 3.66. The Morgan fingerprint density at radius 2 is 1.96 bits per heavy atom. The van der Waals surface area contributed by atoms with Gasteiger partial charge in [0.1, 0.15) is 11.6 Å². The number of anilines is 1. The number of nitrogens with zero attached hydrogens (tertiary/aromatic N) is 6. The zero-order chi connectivity index (χ0) is 17.2. The Bertz CT molecular complexity index is 809. The van der Waals surface area contributed by atoms with Gasteiger partial charge in [0, 0.05) is 45.0 Å². The second-order valence-corrected chi connectivity index (χ2v) is 6.82. The van der Waals surface area contributed by atoms with E-state index in [-0.39, 0.29) is 5.56 Å². The van der Waals surface area contributed by atoms with Crippen LogP contribution in [0.15, 0.2) is 23.1 Å². The van der Waals surface area contributed by atoms with Crippen LogP contribution in [0.5, 0.6) is 0 Å². The number of aromatic nitrogens is 4. The molecular formula is C18H24N6O. The largest absolute Gasteiger partial charge is 0.354 e. The third-order valence-electron chi connectivity index (χ3n) is 5.11. The van der Waals surface area contributed by atoms with Crippen molar-refractivity contribution in [1.82, 2.24) is 24.6 Å². The SMILES string of the molecule is Cc1nccc(N2CCN(CCn3nc4c(cc3=O)CCC4)CC2)n1. The topological polar surface area (TPSA) is 67.2 Å². The van der Waals surface area contributed by atoms with Crippen LogP contribution in [-0.2, 0) is 19.4 Å². The van der Waals surface area contributed by atoms with Crippen molar-refractivity contribution in [3.63, 3.8) is 0 Å². The maximum Gasteiger partial charge on any atom is 0.267 e. The molecule has 1 saturated heterocycles. The van der Waals surface area contributed by atoms with Crippen molar-refractivity contribution in [3.05, 3.63) is 45.8 Å². The quantitative estimate of drug-likeness (QED) is 0.814. The lowest BCUT2D eigenvalue weighted by atomic mass is 10.2. The first-order valence-corrected chi connectivity index (χ1v) is 9.06. The van der Waals surface area contributed by atoms with Gasteiger partial charge in [0.05, 0.1) is 12.2 Å². The Morgan fingerprint density at radius 3 is 2.76 bits per heavy atom. The summed E-state index contributed by atoms with van der Waals surface area (Å²) in [7, 11) is 0. The van der Waals surface area contributed by atoms with Gasteiger partial charge in [0.15, 0.2) is 0 Å². The summed E-state index contributed by atoms with van der Waals surface area (Å²) in [6, 6.07) is 3.75. The van der Waals surface area contributed by atoms with Crippen LogP contribution in [-0.4, -0.2) is 57.4 Å². The van der Waals surface area contributed by atoms with Crippen molar-refractivity contribution < 1.29 is 0 Å². The van der Waals surface area contributed by atoms with E-state index in [4.69, 9.17) is 0 Å². The molecule has 0 unspecified atom stereocenters. The van der Waals surface area contributed by atoms with Crippen molar-refractivity contribution in [3.8, 4) is 0 Å². The van der Waals surface area contributed by atoms with Crippen LogP contribution in [0.4, 0.5) is 5.82 Å². The Hall–Kier alpha value is -2.28. The molecule has 1 aliphatic heterocycles. The van der Waals surface area contributed by atoms with Crippen LogP contribution >= 0.6 is 0 Å². The third-order valence-corrected chi connectivity index (χ3v) is 5.11. The minimum Gasteiger partial charge on any atom is -0.354 e. The lowest BCUT2D eigenvalue weighted by Gasteiger charge is -2.35. The maximum absolute atomic E-state index is 12.2. The first-order chi connectivity index (χ1) is 12.2. The molecule has 3 heterocycles. The highest BCUT2D eigenvalue weighted by atomic mass is 16.1. The van der Waals surface area contributed by atoms with E-state index in [1.54, 1.807) is 10.7 Å². The lowest BCUT2D eigenvalue weighted by Crippen LogP contribution is -2.48. The predicted octanol–water partition coefficient (Wildman–Crippen LogP) is 0.653. The summed E-state index contributed by atoms with van der Waals surface area (Å²) in [5, 5.41) is 4.56. The smallest absolute Gasteiger partial charge is 0.267 e. The van der Waals surface area contributed by atoms with Gasteiger partial charge in [-0.05, 0) is 37.8 Å². The van der Waals surface area contributed by atoms with Crippen LogP contribution in [0.25, 0.3) is 0 Å². The molecule has 0 saturated carbocycles. The van der Waals surface area contributed by atoms with E-state index >= 15 is 0 Å². The van der Waals surface area contributed by atoms with Crippen molar-refractivity contribution in [2.45, 2.75) is 32.7 Å². The van der Waals surface area contributed by atoms with Gasteiger partial charge in [0.2, 0.25) is 0 Å². The van der Waals surface area contributed by atoms with Crippen LogP contribution in [0.3, 0.4) is 0 Å². The molecule has 2 aliphatic rings. The number of fused-ring (bicyclic) bond motifs is 1. The molecule has 7 heteroatoms. The summed E-state index contributed by atoms with van der Waals surface area (Å²) in [5.41, 5.74) is 2.30. The summed E-state index contributed by atoms with van der Waals surface area (Å²) in [6.45, 7) is 7.29. The fraction of sp³-hybridized carbons (Fsp3) is 0.556. The van der Waals surface area contributed by atoms with E-state index in [2.05, 4.69) is 24.9 Å². The number of hydrogen-bond donors (Lipinski definition) is 0. The van der Waals surface area contributed by atoms with E-state index in [0.717, 1.165) is 74.9 Å². The molecule has 0 spiro atoms. The van der Waals surface area contributed by atoms with Crippen LogP contribution in [0.1, 0.15) is 23.5 Å². The summed E-state index contributed by atoms with van der Waals surface area (Å²) < 4.78 is 1.64. The summed E-state index contributed by atoms with van der Waals surface area (Å²) in [6.07, 6.45) is 4.95. The molecule has 0 amide bonds.